The van der Waals surface area contributed by atoms with Crippen molar-refractivity contribution in [3.05, 3.63) is 47.3 Å². The summed E-state index contributed by atoms with van der Waals surface area (Å²) in [4.78, 5) is 18.1. The van der Waals surface area contributed by atoms with E-state index in [2.05, 4.69) is 18.8 Å². The summed E-state index contributed by atoms with van der Waals surface area (Å²) < 4.78 is 28.1. The van der Waals surface area contributed by atoms with Crippen molar-refractivity contribution in [1.29, 1.82) is 0 Å². The Morgan fingerprint density at radius 2 is 1.86 bits per heavy atom. The fourth-order valence-corrected chi connectivity index (χ4v) is 4.84. The molecule has 1 heterocycles. The molecule has 0 radical (unpaired) electrons. The van der Waals surface area contributed by atoms with Crippen molar-refractivity contribution in [3.63, 3.8) is 0 Å². The van der Waals surface area contributed by atoms with Gasteiger partial charge in [-0.3, -0.25) is 4.79 Å². The van der Waals surface area contributed by atoms with Crippen molar-refractivity contribution >= 4 is 15.7 Å². The number of carbonyl (C=O) groups excluding carboxylic acids is 1. The van der Waals surface area contributed by atoms with Crippen molar-refractivity contribution in [2.75, 3.05) is 6.54 Å². The minimum Gasteiger partial charge on any atom is -0.337 e. The van der Waals surface area contributed by atoms with Crippen LogP contribution in [0.1, 0.15) is 51.4 Å². The highest BCUT2D eigenvalue weighted by molar-refractivity contribution is 7.90. The highest BCUT2D eigenvalue weighted by atomic mass is 32.2. The van der Waals surface area contributed by atoms with Gasteiger partial charge in [-0.1, -0.05) is 57.5 Å². The molecule has 6 nitrogen and oxygen atoms in total. The van der Waals surface area contributed by atoms with Crippen LogP contribution in [-0.4, -0.2) is 35.3 Å². The lowest BCUT2D eigenvalue weighted by atomic mass is 10.2. The van der Waals surface area contributed by atoms with Crippen molar-refractivity contribution < 1.29 is 13.2 Å². The van der Waals surface area contributed by atoms with Crippen molar-refractivity contribution in [1.82, 2.24) is 14.5 Å². The van der Waals surface area contributed by atoms with Crippen LogP contribution in [0, 0.1) is 18.8 Å². The molecule has 7 heteroatoms. The Morgan fingerprint density at radius 1 is 1.17 bits per heavy atom. The molecular weight excluding hydrogens is 386 g/mol. The summed E-state index contributed by atoms with van der Waals surface area (Å²) >= 11 is 0. The molecule has 2 rings (SSSR count). The quantitative estimate of drug-likeness (QED) is 0.619. The van der Waals surface area contributed by atoms with Crippen LogP contribution in [0.2, 0.25) is 0 Å². The van der Waals surface area contributed by atoms with Crippen molar-refractivity contribution in [2.45, 2.75) is 65.5 Å². The van der Waals surface area contributed by atoms with Gasteiger partial charge in [-0.2, -0.15) is 0 Å². The summed E-state index contributed by atoms with van der Waals surface area (Å²) in [6.07, 6.45) is 1.60. The fourth-order valence-electron chi connectivity index (χ4n) is 3.35. The number of sulfone groups is 1. The van der Waals surface area contributed by atoms with E-state index >= 15 is 0 Å². The molecule has 0 fully saturated rings. The highest BCUT2D eigenvalue weighted by Crippen LogP contribution is 2.21. The first-order chi connectivity index (χ1) is 13.5. The minimum atomic E-state index is -3.62. The molecule has 0 spiro atoms. The number of aromatic nitrogens is 2. The molecular formula is C22H33N3O3S. The predicted octanol–water partition coefficient (Wildman–Crippen LogP) is 3.83. The van der Waals surface area contributed by atoms with E-state index in [1.807, 2.05) is 45.0 Å². The Morgan fingerprint density at radius 3 is 2.41 bits per heavy atom. The molecule has 160 valence electrons. The Hall–Kier alpha value is -2.15. The SMILES string of the molecule is CC(=O)N(Cc1cnc(S(=O)(=O)Cc2cccc(C)c2)n1CC(C)C)CC(C)C. The zero-order valence-corrected chi connectivity index (χ0v) is 19.2. The van der Waals surface area contributed by atoms with E-state index in [0.29, 0.717) is 25.6 Å². The molecule has 0 aliphatic heterocycles. The summed E-state index contributed by atoms with van der Waals surface area (Å²) in [6, 6.07) is 7.51. The van der Waals surface area contributed by atoms with Crippen LogP contribution in [0.25, 0.3) is 0 Å². The second-order valence-corrected chi connectivity index (χ2v) is 10.5. The predicted molar refractivity (Wildman–Crippen MR) is 115 cm³/mol. The van der Waals surface area contributed by atoms with Crippen LogP contribution in [0.4, 0.5) is 0 Å². The number of hydrogen-bond acceptors (Lipinski definition) is 4. The number of rotatable bonds is 9. The topological polar surface area (TPSA) is 72.3 Å². The molecule has 0 N–H and O–H groups in total. The third-order valence-electron chi connectivity index (χ3n) is 4.55. The molecule has 0 saturated carbocycles. The number of amides is 1. The van der Waals surface area contributed by atoms with Crippen molar-refractivity contribution in [3.8, 4) is 0 Å². The van der Waals surface area contributed by atoms with E-state index in [-0.39, 0.29) is 22.7 Å². The number of carbonyl (C=O) groups is 1. The maximum Gasteiger partial charge on any atom is 0.228 e. The molecule has 29 heavy (non-hydrogen) atoms. The molecule has 1 amide bonds. The second-order valence-electron chi connectivity index (χ2n) is 8.58. The third-order valence-corrected chi connectivity index (χ3v) is 6.15. The molecule has 0 bridgehead atoms. The molecule has 2 aromatic rings. The fraction of sp³-hybridized carbons (Fsp3) is 0.545. The van der Waals surface area contributed by atoms with Gasteiger partial charge in [0.05, 0.1) is 24.2 Å². The summed E-state index contributed by atoms with van der Waals surface area (Å²) in [6.45, 7) is 13.2. The average Bonchev–Trinajstić information content (AvgIpc) is 2.96. The Balaban J connectivity index is 2.40. The summed E-state index contributed by atoms with van der Waals surface area (Å²) in [5.74, 6) is 0.447. The molecule has 0 unspecified atom stereocenters. The molecule has 0 aliphatic carbocycles. The highest BCUT2D eigenvalue weighted by Gasteiger charge is 2.25. The van der Waals surface area contributed by atoms with Gasteiger partial charge in [0, 0.05) is 20.0 Å². The van der Waals surface area contributed by atoms with E-state index in [0.717, 1.165) is 16.8 Å². The lowest BCUT2D eigenvalue weighted by Crippen LogP contribution is -2.33. The lowest BCUT2D eigenvalue weighted by Gasteiger charge is -2.24. The number of benzene rings is 1. The van der Waals surface area contributed by atoms with Gasteiger partial charge in [0.2, 0.25) is 20.9 Å². The van der Waals surface area contributed by atoms with E-state index < -0.39 is 9.84 Å². The molecule has 1 aromatic carbocycles. The van der Waals surface area contributed by atoms with E-state index in [4.69, 9.17) is 0 Å². The molecule has 0 saturated heterocycles. The monoisotopic (exact) mass is 419 g/mol. The molecule has 0 aliphatic rings. The van der Waals surface area contributed by atoms with Gasteiger partial charge in [0.15, 0.2) is 0 Å². The lowest BCUT2D eigenvalue weighted by molar-refractivity contribution is -0.130. The summed E-state index contributed by atoms with van der Waals surface area (Å²) in [7, 11) is -3.62. The van der Waals surface area contributed by atoms with E-state index in [1.54, 1.807) is 22.6 Å². The minimum absolute atomic E-state index is 0.0276. The van der Waals surface area contributed by atoms with E-state index in [9.17, 15) is 13.2 Å². The number of nitrogens with zero attached hydrogens (tertiary/aromatic N) is 3. The number of imidazole rings is 1. The molecule has 0 atom stereocenters. The van der Waals surface area contributed by atoms with Gasteiger partial charge in [-0.05, 0) is 24.3 Å². The first-order valence-corrected chi connectivity index (χ1v) is 11.7. The van der Waals surface area contributed by atoms with Crippen LogP contribution < -0.4 is 0 Å². The third kappa shape index (κ3) is 6.42. The maximum absolute atomic E-state index is 13.2. The summed E-state index contributed by atoms with van der Waals surface area (Å²) in [5, 5.41) is 0.0794. The van der Waals surface area contributed by atoms with Crippen LogP contribution >= 0.6 is 0 Å². The molecule has 1 aromatic heterocycles. The van der Waals surface area contributed by atoms with Crippen LogP contribution in [0.3, 0.4) is 0 Å². The van der Waals surface area contributed by atoms with Gasteiger partial charge in [-0.15, -0.1) is 0 Å². The second kappa shape index (κ2) is 9.57. The van der Waals surface area contributed by atoms with Crippen molar-refractivity contribution in [2.24, 2.45) is 11.8 Å². The largest absolute Gasteiger partial charge is 0.337 e. The first kappa shape index (κ1) is 23.1. The Kier molecular flexibility index (Phi) is 7.63. The first-order valence-electron chi connectivity index (χ1n) is 10.1. The smallest absolute Gasteiger partial charge is 0.228 e. The number of aryl methyl sites for hydroxylation is 1. The van der Waals surface area contributed by atoms with Crippen LogP contribution in [-0.2, 0) is 33.5 Å². The summed E-state index contributed by atoms with van der Waals surface area (Å²) in [5.41, 5.74) is 2.52. The Bertz CT molecular complexity index is 946. The normalized spacial score (nSPS) is 12.0. The standard InChI is InChI=1S/C22H33N3O3S/c1-16(2)12-24(19(6)26)14-21-11-23-22(25(21)13-17(3)4)29(27,28)15-20-9-7-8-18(5)10-20/h7-11,16-17H,12-15H2,1-6H3. The zero-order valence-electron chi connectivity index (χ0n) is 18.3. The Labute approximate surface area is 174 Å². The maximum atomic E-state index is 13.2. The average molecular weight is 420 g/mol. The van der Waals surface area contributed by atoms with E-state index in [1.165, 1.54) is 0 Å². The van der Waals surface area contributed by atoms with Gasteiger partial charge in [-0.25, -0.2) is 13.4 Å². The van der Waals surface area contributed by atoms with Crippen LogP contribution in [0.15, 0.2) is 35.6 Å². The van der Waals surface area contributed by atoms with Gasteiger partial charge >= 0.3 is 0 Å². The van der Waals surface area contributed by atoms with Gasteiger partial charge in [0.1, 0.15) is 0 Å². The zero-order chi connectivity index (χ0) is 21.8. The van der Waals surface area contributed by atoms with Gasteiger partial charge in [0.25, 0.3) is 0 Å². The number of hydrogen-bond donors (Lipinski definition) is 0. The van der Waals surface area contributed by atoms with Gasteiger partial charge < -0.3 is 9.47 Å². The van der Waals surface area contributed by atoms with Crippen LogP contribution in [0.5, 0.6) is 0 Å².